The molecule has 0 unspecified atom stereocenters. The van der Waals surface area contributed by atoms with Gasteiger partial charge < -0.3 is 10.2 Å². The van der Waals surface area contributed by atoms with Crippen molar-refractivity contribution in [3.63, 3.8) is 0 Å². The maximum Gasteiger partial charge on any atom is 0.0393 e. The molecular weight excluding hydrogens is 220 g/mol. The first kappa shape index (κ1) is 15.0. The Hall–Kier alpha value is -1.02. The van der Waals surface area contributed by atoms with E-state index in [1.807, 2.05) is 7.05 Å². The highest BCUT2D eigenvalue weighted by Crippen LogP contribution is 2.20. The van der Waals surface area contributed by atoms with Gasteiger partial charge in [0.2, 0.25) is 0 Å². The van der Waals surface area contributed by atoms with Crippen molar-refractivity contribution in [2.45, 2.75) is 39.5 Å². The van der Waals surface area contributed by atoms with Crippen LogP contribution in [0.2, 0.25) is 0 Å². The van der Waals surface area contributed by atoms with Crippen LogP contribution in [0.15, 0.2) is 18.2 Å². The fourth-order valence-electron chi connectivity index (χ4n) is 2.36. The third-order valence-corrected chi connectivity index (χ3v) is 3.43. The summed E-state index contributed by atoms with van der Waals surface area (Å²) in [6, 6.07) is 6.70. The molecule has 102 valence electrons. The highest BCUT2D eigenvalue weighted by Gasteiger charge is 2.03. The number of benzene rings is 1. The fraction of sp³-hybridized carbons (Fsp3) is 0.625. The second-order valence-corrected chi connectivity index (χ2v) is 5.23. The predicted octanol–water partition coefficient (Wildman–Crippen LogP) is 3.52. The van der Waals surface area contributed by atoms with Gasteiger partial charge >= 0.3 is 0 Å². The fourth-order valence-corrected chi connectivity index (χ4v) is 2.36. The van der Waals surface area contributed by atoms with Crippen LogP contribution in [-0.2, 0) is 0 Å². The van der Waals surface area contributed by atoms with Gasteiger partial charge in [-0.15, -0.1) is 0 Å². The first-order valence-electron chi connectivity index (χ1n) is 7.08. The summed E-state index contributed by atoms with van der Waals surface area (Å²) in [5.41, 5.74) is 4.10. The molecular formula is C16H28N2. The molecule has 18 heavy (non-hydrogen) atoms. The molecule has 0 amide bonds. The maximum atomic E-state index is 3.20. The molecule has 0 aliphatic rings. The third kappa shape index (κ3) is 5.09. The van der Waals surface area contributed by atoms with E-state index in [0.29, 0.717) is 0 Å². The van der Waals surface area contributed by atoms with Crippen LogP contribution in [0.3, 0.4) is 0 Å². The van der Waals surface area contributed by atoms with Crippen molar-refractivity contribution in [1.29, 1.82) is 0 Å². The van der Waals surface area contributed by atoms with E-state index in [1.165, 1.54) is 42.5 Å². The van der Waals surface area contributed by atoms with Gasteiger partial charge in [0.15, 0.2) is 0 Å². The van der Waals surface area contributed by atoms with E-state index in [2.05, 4.69) is 49.3 Å². The lowest BCUT2D eigenvalue weighted by molar-refractivity contribution is 0.615. The van der Waals surface area contributed by atoms with Crippen molar-refractivity contribution in [2.75, 3.05) is 32.1 Å². The molecule has 0 fully saturated rings. The topological polar surface area (TPSA) is 15.3 Å². The Bertz CT molecular complexity index is 347. The molecule has 0 bridgehead atoms. The molecule has 0 aliphatic carbocycles. The number of hydrogen-bond donors (Lipinski definition) is 1. The summed E-state index contributed by atoms with van der Waals surface area (Å²) in [5, 5.41) is 3.20. The molecule has 0 spiro atoms. The number of unbranched alkanes of at least 4 members (excludes halogenated alkanes) is 3. The monoisotopic (exact) mass is 248 g/mol. The zero-order valence-electron chi connectivity index (χ0n) is 12.4. The minimum Gasteiger partial charge on any atom is -0.374 e. The first-order chi connectivity index (χ1) is 8.65. The van der Waals surface area contributed by atoms with Crippen molar-refractivity contribution in [2.24, 2.45) is 0 Å². The molecule has 1 aromatic rings. The number of aryl methyl sites for hydroxylation is 2. The molecule has 2 heteroatoms. The zero-order valence-corrected chi connectivity index (χ0v) is 12.4. The van der Waals surface area contributed by atoms with Crippen LogP contribution in [0.25, 0.3) is 0 Å². The Morgan fingerprint density at radius 3 is 2.44 bits per heavy atom. The number of nitrogens with one attached hydrogen (secondary N) is 1. The largest absolute Gasteiger partial charge is 0.374 e. The highest BCUT2D eigenvalue weighted by molar-refractivity contribution is 5.53. The standard InChI is InChI=1S/C16H28N2/c1-14-9-10-16(15(2)13-14)18(4)12-8-6-5-7-11-17-3/h9-10,13,17H,5-8,11-12H2,1-4H3. The molecule has 0 saturated heterocycles. The number of rotatable bonds is 8. The maximum absolute atomic E-state index is 3.20. The second kappa shape index (κ2) is 8.15. The van der Waals surface area contributed by atoms with E-state index in [0.717, 1.165) is 13.1 Å². The second-order valence-electron chi connectivity index (χ2n) is 5.23. The summed E-state index contributed by atoms with van der Waals surface area (Å²) in [6.45, 7) is 6.65. The Morgan fingerprint density at radius 1 is 1.06 bits per heavy atom. The summed E-state index contributed by atoms with van der Waals surface area (Å²) in [4.78, 5) is 2.38. The SMILES string of the molecule is CNCCCCCCN(C)c1ccc(C)cc1C. The first-order valence-corrected chi connectivity index (χ1v) is 7.08. The molecule has 0 aliphatic heterocycles. The molecule has 0 aromatic heterocycles. The van der Waals surface area contributed by atoms with Crippen molar-refractivity contribution in [1.82, 2.24) is 5.32 Å². The Balaban J connectivity index is 2.29. The van der Waals surface area contributed by atoms with Crippen molar-refractivity contribution >= 4 is 5.69 Å². The lowest BCUT2D eigenvalue weighted by Crippen LogP contribution is -2.19. The van der Waals surface area contributed by atoms with E-state index in [4.69, 9.17) is 0 Å². The molecule has 1 N–H and O–H groups in total. The van der Waals surface area contributed by atoms with Gasteiger partial charge in [0.05, 0.1) is 0 Å². The van der Waals surface area contributed by atoms with E-state index in [1.54, 1.807) is 0 Å². The van der Waals surface area contributed by atoms with Gasteiger partial charge in [0.1, 0.15) is 0 Å². The normalized spacial score (nSPS) is 10.7. The van der Waals surface area contributed by atoms with E-state index < -0.39 is 0 Å². The van der Waals surface area contributed by atoms with Gasteiger partial charge in [-0.25, -0.2) is 0 Å². The van der Waals surface area contributed by atoms with E-state index >= 15 is 0 Å². The van der Waals surface area contributed by atoms with Crippen molar-refractivity contribution < 1.29 is 0 Å². The van der Waals surface area contributed by atoms with Crippen LogP contribution < -0.4 is 10.2 Å². The smallest absolute Gasteiger partial charge is 0.0393 e. The molecule has 0 radical (unpaired) electrons. The minimum atomic E-state index is 1.15. The molecule has 0 heterocycles. The Labute approximate surface area is 112 Å². The Morgan fingerprint density at radius 2 is 1.78 bits per heavy atom. The molecule has 1 aromatic carbocycles. The summed E-state index contributed by atoms with van der Waals surface area (Å²) >= 11 is 0. The molecule has 0 saturated carbocycles. The van der Waals surface area contributed by atoms with Crippen molar-refractivity contribution in [3.05, 3.63) is 29.3 Å². The van der Waals surface area contributed by atoms with Crippen LogP contribution in [0.5, 0.6) is 0 Å². The van der Waals surface area contributed by atoms with Crippen molar-refractivity contribution in [3.8, 4) is 0 Å². The van der Waals surface area contributed by atoms with Gasteiger partial charge in [-0.2, -0.15) is 0 Å². The summed E-state index contributed by atoms with van der Waals surface area (Å²) in [5.74, 6) is 0. The summed E-state index contributed by atoms with van der Waals surface area (Å²) < 4.78 is 0. The Kier molecular flexibility index (Phi) is 6.81. The van der Waals surface area contributed by atoms with E-state index in [-0.39, 0.29) is 0 Å². The van der Waals surface area contributed by atoms with Gasteiger partial charge in [0.25, 0.3) is 0 Å². The van der Waals surface area contributed by atoms with Gasteiger partial charge in [-0.1, -0.05) is 30.5 Å². The van der Waals surface area contributed by atoms with Crippen LogP contribution in [0.4, 0.5) is 5.69 Å². The summed E-state index contributed by atoms with van der Waals surface area (Å²) in [7, 11) is 4.22. The third-order valence-electron chi connectivity index (χ3n) is 3.43. The van der Waals surface area contributed by atoms with Gasteiger partial charge in [-0.05, 0) is 51.9 Å². The lowest BCUT2D eigenvalue weighted by Gasteiger charge is -2.21. The van der Waals surface area contributed by atoms with Crippen LogP contribution in [-0.4, -0.2) is 27.2 Å². The van der Waals surface area contributed by atoms with Gasteiger partial charge in [-0.3, -0.25) is 0 Å². The molecule has 1 rings (SSSR count). The van der Waals surface area contributed by atoms with Gasteiger partial charge in [0, 0.05) is 19.3 Å². The number of hydrogen-bond acceptors (Lipinski definition) is 2. The van der Waals surface area contributed by atoms with Crippen LogP contribution >= 0.6 is 0 Å². The highest BCUT2D eigenvalue weighted by atomic mass is 15.1. The molecule has 0 atom stereocenters. The van der Waals surface area contributed by atoms with E-state index in [9.17, 15) is 0 Å². The lowest BCUT2D eigenvalue weighted by atomic mass is 10.1. The zero-order chi connectivity index (χ0) is 13.4. The number of nitrogens with zero attached hydrogens (tertiary/aromatic N) is 1. The van der Waals surface area contributed by atoms with Crippen LogP contribution in [0.1, 0.15) is 36.8 Å². The average molecular weight is 248 g/mol. The number of anilines is 1. The predicted molar refractivity (Wildman–Crippen MR) is 81.6 cm³/mol. The summed E-state index contributed by atoms with van der Waals surface area (Å²) in [6.07, 6.45) is 5.25. The quantitative estimate of drug-likeness (QED) is 0.708. The average Bonchev–Trinajstić information content (AvgIpc) is 2.33. The van der Waals surface area contributed by atoms with Crippen LogP contribution in [0, 0.1) is 13.8 Å². The molecule has 2 nitrogen and oxygen atoms in total. The minimum absolute atomic E-state index is 1.15.